The summed E-state index contributed by atoms with van der Waals surface area (Å²) in [4.78, 5) is 42.7. The zero-order valence-corrected chi connectivity index (χ0v) is 16.8. The van der Waals surface area contributed by atoms with Gasteiger partial charge in [-0.25, -0.2) is 0 Å². The van der Waals surface area contributed by atoms with Gasteiger partial charge < -0.3 is 9.64 Å². The normalized spacial score (nSPS) is 18.4. The summed E-state index contributed by atoms with van der Waals surface area (Å²) in [6.07, 6.45) is 1.43. The minimum Gasteiger partial charge on any atom is -0.385 e. The lowest BCUT2D eigenvalue weighted by molar-refractivity contribution is 0.0637. The Kier molecular flexibility index (Phi) is 5.03. The minimum absolute atomic E-state index is 0.00127. The van der Waals surface area contributed by atoms with E-state index in [1.54, 1.807) is 36.6 Å². The van der Waals surface area contributed by atoms with Crippen molar-refractivity contribution in [1.82, 2.24) is 9.80 Å². The average molecular weight is 398 g/mol. The van der Waals surface area contributed by atoms with E-state index in [0.717, 1.165) is 6.42 Å². The molecule has 3 heterocycles. The van der Waals surface area contributed by atoms with Gasteiger partial charge in [0.05, 0.1) is 17.2 Å². The van der Waals surface area contributed by atoms with E-state index in [0.29, 0.717) is 42.8 Å². The highest BCUT2D eigenvalue weighted by molar-refractivity contribution is 7.10. The van der Waals surface area contributed by atoms with Crippen LogP contribution in [0.15, 0.2) is 29.6 Å². The van der Waals surface area contributed by atoms with Crippen molar-refractivity contribution in [2.24, 2.45) is 0 Å². The molecular weight excluding hydrogens is 376 g/mol. The molecule has 6 nitrogen and oxygen atoms in total. The Balaban J connectivity index is 1.57. The Morgan fingerprint density at radius 1 is 1.21 bits per heavy atom. The van der Waals surface area contributed by atoms with Crippen LogP contribution in [0.25, 0.3) is 0 Å². The van der Waals surface area contributed by atoms with Crippen molar-refractivity contribution in [3.63, 3.8) is 0 Å². The number of thiophene rings is 1. The van der Waals surface area contributed by atoms with E-state index in [-0.39, 0.29) is 23.8 Å². The highest BCUT2D eigenvalue weighted by atomic mass is 32.1. The molecule has 146 valence electrons. The van der Waals surface area contributed by atoms with E-state index < -0.39 is 0 Å². The number of fused-ring (bicyclic) bond motifs is 2. The van der Waals surface area contributed by atoms with Crippen molar-refractivity contribution in [3.8, 4) is 0 Å². The summed E-state index contributed by atoms with van der Waals surface area (Å²) in [5, 5.41) is 2.06. The van der Waals surface area contributed by atoms with Crippen LogP contribution < -0.4 is 0 Å². The van der Waals surface area contributed by atoms with Gasteiger partial charge in [-0.1, -0.05) is 0 Å². The fraction of sp³-hybridized carbons (Fsp3) is 0.381. The molecule has 2 aromatic rings. The number of hydrogen-bond acceptors (Lipinski definition) is 5. The first-order chi connectivity index (χ1) is 13.5. The molecule has 1 aromatic carbocycles. The molecule has 0 spiro atoms. The maximum atomic E-state index is 13.1. The van der Waals surface area contributed by atoms with E-state index in [4.69, 9.17) is 4.74 Å². The molecule has 28 heavy (non-hydrogen) atoms. The first-order valence-electron chi connectivity index (χ1n) is 9.39. The first kappa shape index (κ1) is 18.8. The standard InChI is InChI=1S/C21H22N2O4S/c1-13-15-7-11-28-18(15)6-9-22(13)19(24)14-4-5-16-17(12-14)21(26)23(20(16)25)8-3-10-27-2/h4-5,7,11-13H,3,6,8-10H2,1-2H3/t13-/m1/s1. The Labute approximate surface area is 167 Å². The fourth-order valence-electron chi connectivity index (χ4n) is 3.95. The van der Waals surface area contributed by atoms with E-state index in [1.165, 1.54) is 15.3 Å². The number of nitrogens with zero attached hydrogens (tertiary/aromatic N) is 2. The predicted molar refractivity (Wildman–Crippen MR) is 106 cm³/mol. The van der Waals surface area contributed by atoms with E-state index in [1.807, 2.05) is 11.8 Å². The Hall–Kier alpha value is -2.51. The highest BCUT2D eigenvalue weighted by Crippen LogP contribution is 2.34. The SMILES string of the molecule is COCCCN1C(=O)c2ccc(C(=O)N3CCc4sccc4[C@H]3C)cc2C1=O. The highest BCUT2D eigenvalue weighted by Gasteiger charge is 2.36. The third-order valence-electron chi connectivity index (χ3n) is 5.49. The average Bonchev–Trinajstić information content (AvgIpc) is 3.27. The molecular formula is C21H22N2O4S. The molecule has 0 fully saturated rings. The second-order valence-electron chi connectivity index (χ2n) is 7.09. The number of methoxy groups -OCH3 is 1. The van der Waals surface area contributed by atoms with Crippen molar-refractivity contribution < 1.29 is 19.1 Å². The van der Waals surface area contributed by atoms with E-state index >= 15 is 0 Å². The van der Waals surface area contributed by atoms with Crippen LogP contribution in [0.2, 0.25) is 0 Å². The lowest BCUT2D eigenvalue weighted by atomic mass is 9.99. The third-order valence-corrected chi connectivity index (χ3v) is 6.48. The molecule has 1 atom stereocenters. The molecule has 7 heteroatoms. The summed E-state index contributed by atoms with van der Waals surface area (Å²) in [6, 6.07) is 6.90. The van der Waals surface area contributed by atoms with Gasteiger partial charge >= 0.3 is 0 Å². The third kappa shape index (κ3) is 3.04. The second kappa shape index (κ2) is 7.48. The van der Waals surface area contributed by atoms with Crippen molar-refractivity contribution in [2.45, 2.75) is 25.8 Å². The maximum absolute atomic E-state index is 13.1. The summed E-state index contributed by atoms with van der Waals surface area (Å²) in [7, 11) is 1.58. The van der Waals surface area contributed by atoms with Gasteiger partial charge in [0.1, 0.15) is 0 Å². The molecule has 0 saturated carbocycles. The molecule has 2 aliphatic heterocycles. The first-order valence-corrected chi connectivity index (χ1v) is 10.3. The number of carbonyl (C=O) groups excluding carboxylic acids is 3. The van der Waals surface area contributed by atoms with E-state index in [9.17, 15) is 14.4 Å². The monoisotopic (exact) mass is 398 g/mol. The molecule has 0 radical (unpaired) electrons. The number of benzene rings is 1. The van der Waals surface area contributed by atoms with E-state index in [2.05, 4.69) is 11.4 Å². The summed E-state index contributed by atoms with van der Waals surface area (Å²) in [5.74, 6) is -0.743. The van der Waals surface area contributed by atoms with Gasteiger partial charge in [0.15, 0.2) is 0 Å². The predicted octanol–water partition coefficient (Wildman–Crippen LogP) is 3.14. The van der Waals surface area contributed by atoms with Gasteiger partial charge in [0.2, 0.25) is 0 Å². The number of amides is 3. The number of ether oxygens (including phenoxy) is 1. The van der Waals surface area contributed by atoms with Crippen molar-refractivity contribution in [1.29, 1.82) is 0 Å². The van der Waals surface area contributed by atoms with Crippen LogP contribution in [0.3, 0.4) is 0 Å². The molecule has 1 aromatic heterocycles. The zero-order chi connectivity index (χ0) is 19.8. The maximum Gasteiger partial charge on any atom is 0.261 e. The van der Waals surface area contributed by atoms with Crippen LogP contribution in [-0.4, -0.2) is 54.3 Å². The molecule has 0 N–H and O–H groups in total. The molecule has 0 unspecified atom stereocenters. The van der Waals surface area contributed by atoms with Crippen LogP contribution in [0.1, 0.15) is 60.9 Å². The molecule has 2 aliphatic rings. The summed E-state index contributed by atoms with van der Waals surface area (Å²) in [5.41, 5.74) is 2.32. The molecule has 4 rings (SSSR count). The number of imide groups is 1. The number of rotatable bonds is 5. The van der Waals surface area contributed by atoms with Crippen molar-refractivity contribution in [2.75, 3.05) is 26.8 Å². The minimum atomic E-state index is -0.336. The molecule has 0 aliphatic carbocycles. The van der Waals surface area contributed by atoms with Crippen LogP contribution in [0, 0.1) is 0 Å². The Morgan fingerprint density at radius 2 is 2.00 bits per heavy atom. The number of hydrogen-bond donors (Lipinski definition) is 0. The van der Waals surface area contributed by atoms with Crippen LogP contribution in [0.5, 0.6) is 0 Å². The van der Waals surface area contributed by atoms with Gasteiger partial charge in [-0.05, 0) is 55.0 Å². The van der Waals surface area contributed by atoms with Gasteiger partial charge in [-0.2, -0.15) is 0 Å². The van der Waals surface area contributed by atoms with Crippen LogP contribution in [0.4, 0.5) is 0 Å². The lowest BCUT2D eigenvalue weighted by Gasteiger charge is -2.33. The molecule has 0 bridgehead atoms. The fourth-order valence-corrected chi connectivity index (χ4v) is 4.91. The number of carbonyl (C=O) groups is 3. The summed E-state index contributed by atoms with van der Waals surface area (Å²) >= 11 is 1.73. The second-order valence-corrected chi connectivity index (χ2v) is 8.09. The molecule has 0 saturated heterocycles. The van der Waals surface area contributed by atoms with Gasteiger partial charge in [0.25, 0.3) is 17.7 Å². The summed E-state index contributed by atoms with van der Waals surface area (Å²) < 4.78 is 5.00. The Bertz CT molecular complexity index is 952. The van der Waals surface area contributed by atoms with Gasteiger partial charge in [-0.3, -0.25) is 19.3 Å². The molecule has 3 amide bonds. The topological polar surface area (TPSA) is 66.9 Å². The smallest absolute Gasteiger partial charge is 0.261 e. The summed E-state index contributed by atoms with van der Waals surface area (Å²) in [6.45, 7) is 3.48. The zero-order valence-electron chi connectivity index (χ0n) is 15.9. The Morgan fingerprint density at radius 3 is 2.79 bits per heavy atom. The van der Waals surface area contributed by atoms with Crippen molar-refractivity contribution in [3.05, 3.63) is 56.8 Å². The van der Waals surface area contributed by atoms with Crippen molar-refractivity contribution >= 4 is 29.1 Å². The van der Waals surface area contributed by atoms with Gasteiger partial charge in [-0.15, -0.1) is 11.3 Å². The van der Waals surface area contributed by atoms with Crippen LogP contribution >= 0.6 is 11.3 Å². The lowest BCUT2D eigenvalue weighted by Crippen LogP contribution is -2.38. The van der Waals surface area contributed by atoms with Gasteiger partial charge in [0, 0.05) is 37.2 Å². The largest absolute Gasteiger partial charge is 0.385 e. The quantitative estimate of drug-likeness (QED) is 0.573. The van der Waals surface area contributed by atoms with Crippen LogP contribution in [-0.2, 0) is 11.2 Å².